The minimum Gasteiger partial charge on any atom is -0.313 e. The van der Waals surface area contributed by atoms with E-state index < -0.39 is 6.18 Å². The molecule has 21 heavy (non-hydrogen) atoms. The first kappa shape index (κ1) is 14.2. The summed E-state index contributed by atoms with van der Waals surface area (Å²) in [5.74, 6) is 0.00881. The molecule has 0 amide bonds. The zero-order valence-electron chi connectivity index (χ0n) is 11.8. The van der Waals surface area contributed by atoms with Crippen molar-refractivity contribution >= 4 is 11.8 Å². The van der Waals surface area contributed by atoms with Crippen molar-refractivity contribution in [3.8, 4) is 0 Å². The van der Waals surface area contributed by atoms with Crippen molar-refractivity contribution in [3.05, 3.63) is 40.5 Å². The van der Waals surface area contributed by atoms with Gasteiger partial charge in [-0.15, -0.1) is 0 Å². The predicted octanol–water partition coefficient (Wildman–Crippen LogP) is 3.91. The lowest BCUT2D eigenvalue weighted by atomic mass is 9.83. The first-order valence-electron chi connectivity index (χ1n) is 7.14. The molecule has 0 fully saturated rings. The van der Waals surface area contributed by atoms with Gasteiger partial charge in [-0.25, -0.2) is 0 Å². The molecule has 112 valence electrons. The van der Waals surface area contributed by atoms with E-state index in [-0.39, 0.29) is 17.9 Å². The summed E-state index contributed by atoms with van der Waals surface area (Å²) in [4.78, 5) is 0. The third-order valence-corrected chi connectivity index (χ3v) is 4.34. The van der Waals surface area contributed by atoms with Crippen LogP contribution in [0, 0.1) is 5.92 Å². The summed E-state index contributed by atoms with van der Waals surface area (Å²) < 4.78 is 39.8. The molecular weight excluding hydrogens is 277 g/mol. The van der Waals surface area contributed by atoms with Crippen LogP contribution in [-0.4, -0.2) is 19.4 Å². The van der Waals surface area contributed by atoms with Crippen LogP contribution in [0.4, 0.5) is 13.2 Å². The number of hydrogen-bond acceptors (Lipinski definition) is 2. The molecule has 2 aliphatic carbocycles. The SMILES string of the molecule is CN/N=C\c1cccc2c1CC1CCCC(C(F)(F)F)=C21. The Morgan fingerprint density at radius 1 is 1.33 bits per heavy atom. The van der Waals surface area contributed by atoms with Crippen LogP contribution >= 0.6 is 0 Å². The molecule has 1 aromatic carbocycles. The van der Waals surface area contributed by atoms with Crippen LogP contribution in [0.15, 0.2) is 28.9 Å². The number of benzene rings is 1. The molecule has 0 saturated carbocycles. The van der Waals surface area contributed by atoms with Crippen molar-refractivity contribution < 1.29 is 13.2 Å². The second kappa shape index (κ2) is 5.20. The Labute approximate surface area is 121 Å². The summed E-state index contributed by atoms with van der Waals surface area (Å²) in [5.41, 5.74) is 5.57. The highest BCUT2D eigenvalue weighted by Crippen LogP contribution is 2.50. The molecule has 2 nitrogen and oxygen atoms in total. The van der Waals surface area contributed by atoms with E-state index in [1.165, 1.54) is 0 Å². The van der Waals surface area contributed by atoms with Crippen molar-refractivity contribution in [3.63, 3.8) is 0 Å². The highest BCUT2D eigenvalue weighted by atomic mass is 19.4. The molecular formula is C16H17F3N2. The lowest BCUT2D eigenvalue weighted by Crippen LogP contribution is -2.19. The van der Waals surface area contributed by atoms with Crippen molar-refractivity contribution in [2.75, 3.05) is 7.05 Å². The second-order valence-electron chi connectivity index (χ2n) is 5.54. The molecule has 1 N–H and O–H groups in total. The van der Waals surface area contributed by atoms with Crippen LogP contribution in [0.5, 0.6) is 0 Å². The number of allylic oxidation sites excluding steroid dienone is 2. The van der Waals surface area contributed by atoms with E-state index in [1.807, 2.05) is 18.2 Å². The maximum absolute atomic E-state index is 13.3. The van der Waals surface area contributed by atoms with Crippen molar-refractivity contribution in [2.24, 2.45) is 11.0 Å². The van der Waals surface area contributed by atoms with Gasteiger partial charge in [0.25, 0.3) is 0 Å². The molecule has 0 aromatic heterocycles. The predicted molar refractivity (Wildman–Crippen MR) is 77.1 cm³/mol. The molecule has 0 radical (unpaired) electrons. The Morgan fingerprint density at radius 2 is 2.14 bits per heavy atom. The Morgan fingerprint density at radius 3 is 2.86 bits per heavy atom. The maximum atomic E-state index is 13.3. The number of alkyl halides is 3. The van der Waals surface area contributed by atoms with E-state index >= 15 is 0 Å². The van der Waals surface area contributed by atoms with Gasteiger partial charge in [0.2, 0.25) is 0 Å². The van der Waals surface area contributed by atoms with Gasteiger partial charge in [0.05, 0.1) is 6.21 Å². The highest BCUT2D eigenvalue weighted by Gasteiger charge is 2.42. The summed E-state index contributed by atoms with van der Waals surface area (Å²) in [6.07, 6.45) is -0.239. The Bertz CT molecular complexity index is 614. The molecule has 3 rings (SSSR count). The summed E-state index contributed by atoms with van der Waals surface area (Å²) in [7, 11) is 1.70. The Hall–Kier alpha value is -1.78. The lowest BCUT2D eigenvalue weighted by Gasteiger charge is -2.25. The van der Waals surface area contributed by atoms with E-state index in [4.69, 9.17) is 0 Å². The van der Waals surface area contributed by atoms with Gasteiger partial charge >= 0.3 is 6.18 Å². The number of hydrogen-bond donors (Lipinski definition) is 1. The van der Waals surface area contributed by atoms with Gasteiger partial charge in [-0.05, 0) is 53.9 Å². The third kappa shape index (κ3) is 2.45. The van der Waals surface area contributed by atoms with Gasteiger partial charge in [-0.3, -0.25) is 0 Å². The molecule has 5 heteroatoms. The molecule has 2 aliphatic rings. The first-order chi connectivity index (χ1) is 10.0. The topological polar surface area (TPSA) is 24.4 Å². The largest absolute Gasteiger partial charge is 0.412 e. The zero-order valence-corrected chi connectivity index (χ0v) is 11.8. The average molecular weight is 294 g/mol. The molecule has 0 bridgehead atoms. The van der Waals surface area contributed by atoms with Gasteiger partial charge in [0.15, 0.2) is 0 Å². The fraction of sp³-hybridized carbons (Fsp3) is 0.438. The van der Waals surface area contributed by atoms with Gasteiger partial charge in [-0.1, -0.05) is 18.2 Å². The molecule has 0 saturated heterocycles. The standard InChI is InChI=1S/C16H17F3N2/c1-20-21-9-11-5-2-6-12-13(11)8-10-4-3-7-14(15(10)12)16(17,18)19/h2,5-6,9-10,20H,3-4,7-8H2,1H3/b21-9-. The number of halogens is 3. The van der Waals surface area contributed by atoms with Crippen LogP contribution in [-0.2, 0) is 6.42 Å². The fourth-order valence-electron chi connectivity index (χ4n) is 3.52. The molecule has 0 aliphatic heterocycles. The van der Waals surface area contributed by atoms with Crippen molar-refractivity contribution in [2.45, 2.75) is 31.9 Å². The van der Waals surface area contributed by atoms with Gasteiger partial charge in [0.1, 0.15) is 0 Å². The van der Waals surface area contributed by atoms with Crippen LogP contribution in [0.1, 0.15) is 36.0 Å². The number of fused-ring (bicyclic) bond motifs is 3. The van der Waals surface area contributed by atoms with E-state index in [0.29, 0.717) is 18.4 Å². The minimum atomic E-state index is -4.22. The summed E-state index contributed by atoms with van der Waals surface area (Å²) in [6.45, 7) is 0. The normalized spacial score (nSPS) is 21.6. The van der Waals surface area contributed by atoms with Crippen LogP contribution in [0.2, 0.25) is 0 Å². The molecule has 0 spiro atoms. The summed E-state index contributed by atoms with van der Waals surface area (Å²) in [6, 6.07) is 5.54. The molecule has 1 unspecified atom stereocenters. The van der Waals surface area contributed by atoms with Crippen LogP contribution in [0.3, 0.4) is 0 Å². The van der Waals surface area contributed by atoms with Crippen LogP contribution in [0.25, 0.3) is 5.57 Å². The van der Waals surface area contributed by atoms with Gasteiger partial charge < -0.3 is 5.43 Å². The average Bonchev–Trinajstić information content (AvgIpc) is 2.83. The summed E-state index contributed by atoms with van der Waals surface area (Å²) >= 11 is 0. The number of nitrogens with zero attached hydrogens (tertiary/aromatic N) is 1. The maximum Gasteiger partial charge on any atom is 0.412 e. The first-order valence-corrected chi connectivity index (χ1v) is 7.14. The Balaban J connectivity index is 2.14. The van der Waals surface area contributed by atoms with Crippen LogP contribution < -0.4 is 5.43 Å². The lowest BCUT2D eigenvalue weighted by molar-refractivity contribution is -0.0945. The van der Waals surface area contributed by atoms with E-state index in [9.17, 15) is 13.2 Å². The number of hydrazone groups is 1. The van der Waals surface area contributed by atoms with E-state index in [1.54, 1.807) is 13.3 Å². The molecule has 1 aromatic rings. The quantitative estimate of drug-likeness (QED) is 0.649. The van der Waals surface area contributed by atoms with E-state index in [2.05, 4.69) is 10.5 Å². The Kier molecular flexibility index (Phi) is 3.51. The van der Waals surface area contributed by atoms with Gasteiger partial charge in [-0.2, -0.15) is 18.3 Å². The van der Waals surface area contributed by atoms with Crippen molar-refractivity contribution in [1.29, 1.82) is 0 Å². The molecule has 0 heterocycles. The third-order valence-electron chi connectivity index (χ3n) is 4.34. The fourth-order valence-corrected chi connectivity index (χ4v) is 3.52. The summed E-state index contributed by atoms with van der Waals surface area (Å²) in [5, 5.41) is 3.99. The monoisotopic (exact) mass is 294 g/mol. The number of nitrogens with one attached hydrogen (secondary N) is 1. The smallest absolute Gasteiger partial charge is 0.313 e. The van der Waals surface area contributed by atoms with E-state index in [0.717, 1.165) is 23.1 Å². The molecule has 1 atom stereocenters. The van der Waals surface area contributed by atoms with Gasteiger partial charge in [0, 0.05) is 12.6 Å². The number of rotatable bonds is 2. The second-order valence-corrected chi connectivity index (χ2v) is 5.54. The zero-order chi connectivity index (χ0) is 15.0. The highest BCUT2D eigenvalue weighted by molar-refractivity contribution is 5.88. The minimum absolute atomic E-state index is 0.00881. The van der Waals surface area contributed by atoms with Crippen molar-refractivity contribution in [1.82, 2.24) is 5.43 Å².